The van der Waals surface area contributed by atoms with Gasteiger partial charge in [-0.2, -0.15) is 0 Å². The Balaban J connectivity index is 2.18. The van der Waals surface area contributed by atoms with Gasteiger partial charge in [-0.05, 0) is 80.0 Å². The molecule has 0 spiro atoms. The van der Waals surface area contributed by atoms with Gasteiger partial charge >= 0.3 is 7.12 Å². The Hall–Kier alpha value is -1.68. The van der Waals surface area contributed by atoms with Gasteiger partial charge in [0.1, 0.15) is 5.54 Å². The molecule has 2 amide bonds. The number of nitro groups is 1. The van der Waals surface area contributed by atoms with Crippen LogP contribution in [-0.4, -0.2) is 52.7 Å². The zero-order valence-corrected chi connectivity index (χ0v) is 20.9. The fourth-order valence-corrected chi connectivity index (χ4v) is 4.89. The summed E-state index contributed by atoms with van der Waals surface area (Å²) in [6.45, 7) is 14.8. The summed E-state index contributed by atoms with van der Waals surface area (Å²) in [6, 6.07) is 0. The molecule has 1 aliphatic carbocycles. The Morgan fingerprint density at radius 2 is 1.72 bits per heavy atom. The van der Waals surface area contributed by atoms with E-state index in [0.717, 1.165) is 6.42 Å². The Kier molecular flexibility index (Phi) is 7.72. The molecular formula is C22H40BN3O6. The zero-order valence-electron chi connectivity index (χ0n) is 20.9. The van der Waals surface area contributed by atoms with Crippen molar-refractivity contribution in [3.63, 3.8) is 0 Å². The van der Waals surface area contributed by atoms with Gasteiger partial charge in [-0.15, -0.1) is 0 Å². The molecule has 10 heteroatoms. The van der Waals surface area contributed by atoms with Crippen LogP contribution in [0.2, 0.25) is 6.32 Å². The summed E-state index contributed by atoms with van der Waals surface area (Å²) < 4.78 is 12.1. The Morgan fingerprint density at radius 3 is 2.19 bits per heavy atom. The minimum atomic E-state index is -1.16. The predicted octanol–water partition coefficient (Wildman–Crippen LogP) is 2.95. The summed E-state index contributed by atoms with van der Waals surface area (Å²) in [4.78, 5) is 36.4. The number of carbonyl (C=O) groups is 2. The molecule has 0 aromatic rings. The summed E-state index contributed by atoms with van der Waals surface area (Å²) in [5, 5.41) is 17.1. The van der Waals surface area contributed by atoms with E-state index in [1.807, 2.05) is 48.5 Å². The van der Waals surface area contributed by atoms with Crippen molar-refractivity contribution < 1.29 is 23.8 Å². The lowest BCUT2D eigenvalue weighted by Crippen LogP contribution is -2.63. The molecule has 1 aliphatic heterocycles. The van der Waals surface area contributed by atoms with Gasteiger partial charge in [-0.1, -0.05) is 6.42 Å². The highest BCUT2D eigenvalue weighted by Crippen LogP contribution is 2.44. The van der Waals surface area contributed by atoms with Gasteiger partial charge in [0.25, 0.3) is 0 Å². The van der Waals surface area contributed by atoms with Crippen LogP contribution in [0, 0.1) is 22.0 Å². The molecule has 9 nitrogen and oxygen atoms in total. The highest BCUT2D eigenvalue weighted by atomic mass is 16.7. The van der Waals surface area contributed by atoms with Crippen LogP contribution in [0.5, 0.6) is 0 Å². The first-order chi connectivity index (χ1) is 14.5. The second-order valence-electron chi connectivity index (χ2n) is 11.5. The smallest absolute Gasteiger partial charge is 0.403 e. The third-order valence-corrected chi connectivity index (χ3v) is 6.92. The fraction of sp³-hybridized carbons (Fsp3) is 0.909. The van der Waals surface area contributed by atoms with Gasteiger partial charge in [0, 0.05) is 23.3 Å². The molecule has 182 valence electrons. The second kappa shape index (κ2) is 9.29. The number of nitrogens with zero attached hydrogens (tertiary/aromatic N) is 1. The van der Waals surface area contributed by atoms with Crippen molar-refractivity contribution in [2.45, 2.75) is 110 Å². The van der Waals surface area contributed by atoms with E-state index in [1.54, 1.807) is 0 Å². The average Bonchev–Trinajstić information content (AvgIpc) is 2.99. The topological polar surface area (TPSA) is 120 Å². The quantitative estimate of drug-likeness (QED) is 0.331. The Morgan fingerprint density at radius 1 is 1.16 bits per heavy atom. The highest BCUT2D eigenvalue weighted by Gasteiger charge is 2.55. The number of hydrogen-bond donors (Lipinski definition) is 2. The van der Waals surface area contributed by atoms with Crippen LogP contribution in [0.15, 0.2) is 0 Å². The van der Waals surface area contributed by atoms with Crippen molar-refractivity contribution in [2.24, 2.45) is 11.8 Å². The van der Waals surface area contributed by atoms with Crippen molar-refractivity contribution >= 4 is 18.9 Å². The van der Waals surface area contributed by atoms with Crippen molar-refractivity contribution in [1.82, 2.24) is 10.6 Å². The lowest BCUT2D eigenvalue weighted by molar-refractivity contribution is -0.488. The summed E-state index contributed by atoms with van der Waals surface area (Å²) in [5.74, 6) is -1.07. The molecule has 0 aromatic heterocycles. The fourth-order valence-electron chi connectivity index (χ4n) is 4.89. The Labute approximate surface area is 192 Å². The lowest BCUT2D eigenvalue weighted by atomic mass is 9.77. The third-order valence-electron chi connectivity index (χ3n) is 6.92. The average molecular weight is 453 g/mol. The van der Waals surface area contributed by atoms with Crippen LogP contribution in [0.4, 0.5) is 0 Å². The molecule has 2 aliphatic rings. The lowest BCUT2D eigenvalue weighted by Gasteiger charge is -2.37. The number of amides is 2. The SMILES string of the molecule is CC(=O)NC1(C(=O)NC(C)(C)C)CC(C[N+](=O)[O-])CC1CCCB1OC(C)(C)C(C)(C)O1. The molecule has 1 saturated heterocycles. The van der Waals surface area contributed by atoms with E-state index in [9.17, 15) is 19.7 Å². The van der Waals surface area contributed by atoms with Crippen molar-refractivity contribution in [2.75, 3.05) is 6.54 Å². The third kappa shape index (κ3) is 6.22. The summed E-state index contributed by atoms with van der Waals surface area (Å²) in [6.07, 6.45) is 2.78. The number of carbonyl (C=O) groups excluding carboxylic acids is 2. The van der Waals surface area contributed by atoms with E-state index >= 15 is 0 Å². The largest absolute Gasteiger partial charge is 0.457 e. The molecule has 2 rings (SSSR count). The minimum absolute atomic E-state index is 0.207. The predicted molar refractivity (Wildman–Crippen MR) is 123 cm³/mol. The van der Waals surface area contributed by atoms with Gasteiger partial charge in [0.15, 0.2) is 0 Å². The van der Waals surface area contributed by atoms with Crippen molar-refractivity contribution in [3.8, 4) is 0 Å². The molecule has 2 N–H and O–H groups in total. The maximum Gasteiger partial charge on any atom is 0.457 e. The first-order valence-electron chi connectivity index (χ1n) is 11.6. The second-order valence-corrected chi connectivity index (χ2v) is 11.5. The molecule has 3 atom stereocenters. The van der Waals surface area contributed by atoms with Crippen LogP contribution in [0.25, 0.3) is 0 Å². The molecule has 32 heavy (non-hydrogen) atoms. The van der Waals surface area contributed by atoms with E-state index in [1.165, 1.54) is 6.92 Å². The zero-order chi connectivity index (χ0) is 24.5. The van der Waals surface area contributed by atoms with Crippen molar-refractivity contribution in [1.29, 1.82) is 0 Å². The van der Waals surface area contributed by atoms with E-state index in [0.29, 0.717) is 19.2 Å². The van der Waals surface area contributed by atoms with Crippen molar-refractivity contribution in [3.05, 3.63) is 10.1 Å². The maximum atomic E-state index is 13.4. The van der Waals surface area contributed by atoms with Gasteiger partial charge in [-0.3, -0.25) is 19.7 Å². The summed E-state index contributed by atoms with van der Waals surface area (Å²) in [5.41, 5.74) is -2.46. The first kappa shape index (κ1) is 26.6. The van der Waals surface area contributed by atoms with Crippen LogP contribution in [0.3, 0.4) is 0 Å². The molecule has 1 heterocycles. The molecule has 0 radical (unpaired) electrons. The van der Waals surface area contributed by atoms with Gasteiger partial charge in [0.05, 0.1) is 11.2 Å². The van der Waals surface area contributed by atoms with E-state index in [2.05, 4.69) is 10.6 Å². The maximum absolute atomic E-state index is 13.4. The normalized spacial score (nSPS) is 29.1. The molecule has 2 fully saturated rings. The molecule has 0 aromatic carbocycles. The van der Waals surface area contributed by atoms with Crippen LogP contribution in [0.1, 0.15) is 81.1 Å². The van der Waals surface area contributed by atoms with Crippen LogP contribution >= 0.6 is 0 Å². The highest BCUT2D eigenvalue weighted by molar-refractivity contribution is 6.45. The monoisotopic (exact) mass is 453 g/mol. The van der Waals surface area contributed by atoms with E-state index in [-0.39, 0.29) is 48.7 Å². The molecule has 0 bridgehead atoms. The minimum Gasteiger partial charge on any atom is -0.403 e. The standard InChI is InChI=1S/C22H40BN3O6/c1-15(27)24-22(18(28)25-19(2,3)4)13-16(14-26(29)30)12-17(22)10-9-11-23-31-20(5,6)21(7,8)32-23/h16-17H,9-14H2,1-8H3,(H,24,27)(H,25,28). The van der Waals surface area contributed by atoms with Crippen LogP contribution < -0.4 is 10.6 Å². The van der Waals surface area contributed by atoms with Gasteiger partial charge in [0.2, 0.25) is 18.4 Å². The number of rotatable bonds is 8. The molecule has 1 saturated carbocycles. The van der Waals surface area contributed by atoms with E-state index in [4.69, 9.17) is 9.31 Å². The molecular weight excluding hydrogens is 413 g/mol. The number of nitrogens with one attached hydrogen (secondary N) is 2. The van der Waals surface area contributed by atoms with Gasteiger partial charge in [-0.25, -0.2) is 0 Å². The van der Waals surface area contributed by atoms with Gasteiger partial charge < -0.3 is 19.9 Å². The number of hydrogen-bond acceptors (Lipinski definition) is 6. The summed E-state index contributed by atoms with van der Waals surface area (Å²) in [7, 11) is -0.338. The Bertz CT molecular complexity index is 720. The molecule has 3 unspecified atom stereocenters. The summed E-state index contributed by atoms with van der Waals surface area (Å²) >= 11 is 0. The van der Waals surface area contributed by atoms with E-state index < -0.39 is 22.3 Å². The first-order valence-corrected chi connectivity index (χ1v) is 11.6. The van der Waals surface area contributed by atoms with Crippen LogP contribution in [-0.2, 0) is 18.9 Å².